The number of ether oxygens (including phenoxy) is 1. The summed E-state index contributed by atoms with van der Waals surface area (Å²) in [5, 5.41) is 0.796. The highest BCUT2D eigenvalue weighted by atomic mass is 32.2. The van der Waals surface area contributed by atoms with E-state index >= 15 is 0 Å². The third-order valence-corrected chi connectivity index (χ3v) is 10.5. The van der Waals surface area contributed by atoms with Crippen molar-refractivity contribution in [2.45, 2.75) is 57.1 Å². The molecule has 5 heterocycles. The summed E-state index contributed by atoms with van der Waals surface area (Å²) in [7, 11) is -1.82. The molecule has 0 amide bonds. The molecule has 0 radical (unpaired) electrons. The molecule has 0 bridgehead atoms. The summed E-state index contributed by atoms with van der Waals surface area (Å²) >= 11 is 1.56. The molecule has 12 heteroatoms. The monoisotopic (exact) mass is 593 g/mol. The summed E-state index contributed by atoms with van der Waals surface area (Å²) in [6, 6.07) is 6.23. The first-order chi connectivity index (χ1) is 19.8. The number of fused-ring (bicyclic) bond motifs is 1. The first-order valence-electron chi connectivity index (χ1n) is 14.1. The Balaban J connectivity index is 1.07. The van der Waals surface area contributed by atoms with Gasteiger partial charge in [-0.1, -0.05) is 36.8 Å². The van der Waals surface area contributed by atoms with Gasteiger partial charge in [-0.3, -0.25) is 0 Å². The van der Waals surface area contributed by atoms with Crippen molar-refractivity contribution in [1.29, 1.82) is 0 Å². The van der Waals surface area contributed by atoms with Crippen LogP contribution in [0.2, 0.25) is 0 Å². The van der Waals surface area contributed by atoms with Crippen LogP contribution in [0.1, 0.15) is 49.6 Å². The molecule has 216 valence electrons. The molecule has 0 spiro atoms. The number of imidazole rings is 1. The maximum atomic E-state index is 13.1. The zero-order chi connectivity index (χ0) is 28.6. The van der Waals surface area contributed by atoms with Crippen molar-refractivity contribution in [2.75, 3.05) is 31.1 Å². The number of piperidine rings is 1. The fraction of sp³-hybridized carbons (Fsp3) is 0.448. The number of hydrogen-bond acceptors (Lipinski definition) is 9. The van der Waals surface area contributed by atoms with Crippen LogP contribution in [0.4, 0.5) is 5.95 Å². The molecule has 0 aliphatic carbocycles. The lowest BCUT2D eigenvalue weighted by Crippen LogP contribution is -2.39. The summed E-state index contributed by atoms with van der Waals surface area (Å²) in [5.41, 5.74) is 4.33. The second-order valence-corrected chi connectivity index (χ2v) is 13.6. The number of thiazole rings is 1. The molecule has 6 rings (SSSR count). The van der Waals surface area contributed by atoms with Gasteiger partial charge in [-0.25, -0.2) is 28.4 Å². The molecule has 41 heavy (non-hydrogen) atoms. The van der Waals surface area contributed by atoms with E-state index in [0.717, 1.165) is 66.1 Å². The van der Waals surface area contributed by atoms with Gasteiger partial charge in [0.1, 0.15) is 11.9 Å². The zero-order valence-corrected chi connectivity index (χ0v) is 25.3. The van der Waals surface area contributed by atoms with Gasteiger partial charge in [0.15, 0.2) is 5.03 Å². The van der Waals surface area contributed by atoms with Crippen LogP contribution in [0.15, 0.2) is 47.9 Å². The second kappa shape index (κ2) is 11.5. The first kappa shape index (κ1) is 27.8. The van der Waals surface area contributed by atoms with E-state index in [-0.39, 0.29) is 11.1 Å². The fourth-order valence-corrected chi connectivity index (χ4v) is 7.64. The number of nitrogens with zero attached hydrogens (tertiary/aromatic N) is 7. The highest BCUT2D eigenvalue weighted by Gasteiger charge is 2.29. The number of hydrogen-bond donors (Lipinski definition) is 0. The van der Waals surface area contributed by atoms with Gasteiger partial charge in [0, 0.05) is 64.7 Å². The summed E-state index contributed by atoms with van der Waals surface area (Å²) in [5.74, 6) is 1.46. The lowest BCUT2D eigenvalue weighted by Gasteiger charge is -2.31. The van der Waals surface area contributed by atoms with Crippen LogP contribution in [-0.4, -0.2) is 69.5 Å². The van der Waals surface area contributed by atoms with Gasteiger partial charge in [-0.2, -0.15) is 4.31 Å². The third kappa shape index (κ3) is 5.86. The maximum absolute atomic E-state index is 13.1. The van der Waals surface area contributed by atoms with E-state index in [1.54, 1.807) is 36.1 Å². The zero-order valence-electron chi connectivity index (χ0n) is 23.7. The Morgan fingerprint density at radius 2 is 1.88 bits per heavy atom. The molecule has 4 aromatic rings. The molecule has 1 aromatic carbocycles. The highest BCUT2D eigenvalue weighted by Crippen LogP contribution is 2.34. The van der Waals surface area contributed by atoms with Crippen molar-refractivity contribution in [2.24, 2.45) is 7.05 Å². The minimum absolute atomic E-state index is 0.105. The van der Waals surface area contributed by atoms with Crippen LogP contribution in [-0.2, 0) is 23.5 Å². The third-order valence-electron chi connectivity index (χ3n) is 7.82. The summed E-state index contributed by atoms with van der Waals surface area (Å²) in [4.78, 5) is 20.3. The average molecular weight is 594 g/mol. The number of anilines is 1. The van der Waals surface area contributed by atoms with E-state index in [4.69, 9.17) is 9.72 Å². The predicted octanol–water partition coefficient (Wildman–Crippen LogP) is 4.61. The number of aryl methyl sites for hydroxylation is 3. The Kier molecular flexibility index (Phi) is 7.80. The van der Waals surface area contributed by atoms with Gasteiger partial charge in [0.25, 0.3) is 15.2 Å². The van der Waals surface area contributed by atoms with Gasteiger partial charge in [0.05, 0.1) is 10.2 Å². The smallest absolute Gasteiger partial charge is 0.274 e. The van der Waals surface area contributed by atoms with Crippen LogP contribution in [0.25, 0.3) is 15.8 Å². The van der Waals surface area contributed by atoms with E-state index < -0.39 is 10.0 Å². The van der Waals surface area contributed by atoms with Crippen LogP contribution < -0.4 is 9.64 Å². The Hall–Kier alpha value is -3.35. The van der Waals surface area contributed by atoms with Gasteiger partial charge in [-0.05, 0) is 48.6 Å². The van der Waals surface area contributed by atoms with Crippen molar-refractivity contribution in [1.82, 2.24) is 28.8 Å². The largest absolute Gasteiger partial charge is 0.467 e. The number of aromatic nitrogens is 5. The minimum atomic E-state index is -3.62. The molecule has 1 saturated heterocycles. The molecule has 0 unspecified atom stereocenters. The van der Waals surface area contributed by atoms with Crippen LogP contribution in [0.5, 0.6) is 5.19 Å². The standard InChI is InChI=1S/C29H35N7O3S2/c1-4-5-21-17-30-28(31-18-21)35-12-10-24(11-13-35)39-29-33-25-7-6-23(16-26(25)40-29)22-8-14-36(15-9-22)41(37,38)27-19-34(3)20(2)32-27/h6-8,16-19,24H,4-5,9-15H2,1-3H3. The van der Waals surface area contributed by atoms with E-state index in [0.29, 0.717) is 30.5 Å². The fourth-order valence-electron chi connectivity index (χ4n) is 5.31. The Morgan fingerprint density at radius 1 is 1.10 bits per heavy atom. The summed E-state index contributed by atoms with van der Waals surface area (Å²) < 4.78 is 36.7. The van der Waals surface area contributed by atoms with Crippen LogP contribution >= 0.6 is 11.3 Å². The number of benzene rings is 1. The molecule has 0 N–H and O–H groups in total. The van der Waals surface area contributed by atoms with Gasteiger partial charge < -0.3 is 14.2 Å². The molecule has 3 aromatic heterocycles. The topological polar surface area (TPSA) is 106 Å². The van der Waals surface area contributed by atoms with Crippen molar-refractivity contribution in [3.63, 3.8) is 0 Å². The second-order valence-electron chi connectivity index (χ2n) is 10.7. The lowest BCUT2D eigenvalue weighted by molar-refractivity contribution is 0.170. The first-order valence-corrected chi connectivity index (χ1v) is 16.4. The molecule has 10 nitrogen and oxygen atoms in total. The molecule has 2 aliphatic rings. The van der Waals surface area contributed by atoms with E-state index in [1.165, 1.54) is 9.87 Å². The Morgan fingerprint density at radius 3 is 2.54 bits per heavy atom. The van der Waals surface area contributed by atoms with Crippen LogP contribution in [0, 0.1) is 6.92 Å². The van der Waals surface area contributed by atoms with Gasteiger partial charge in [-0.15, -0.1) is 0 Å². The average Bonchev–Trinajstić information content (AvgIpc) is 3.55. The SMILES string of the molecule is CCCc1cnc(N2CCC(Oc3nc4ccc(C5=CCN(S(=O)(=O)c6cn(C)c(C)n6)CC5)cc4s3)CC2)nc1. The lowest BCUT2D eigenvalue weighted by atomic mass is 10.0. The van der Waals surface area contributed by atoms with E-state index in [1.807, 2.05) is 24.5 Å². The molecule has 1 fully saturated rings. The molecule has 0 saturated carbocycles. The number of sulfonamides is 1. The van der Waals surface area contributed by atoms with Crippen molar-refractivity contribution < 1.29 is 13.2 Å². The molecular weight excluding hydrogens is 558 g/mol. The molecule has 0 atom stereocenters. The van der Waals surface area contributed by atoms with E-state index in [2.05, 4.69) is 38.9 Å². The Labute approximate surface area is 244 Å². The van der Waals surface area contributed by atoms with Crippen molar-refractivity contribution >= 4 is 43.1 Å². The number of rotatable bonds is 8. The maximum Gasteiger partial charge on any atom is 0.274 e. The predicted molar refractivity (Wildman–Crippen MR) is 161 cm³/mol. The molecule has 2 aliphatic heterocycles. The van der Waals surface area contributed by atoms with Gasteiger partial charge >= 0.3 is 0 Å². The van der Waals surface area contributed by atoms with Gasteiger partial charge in [0.2, 0.25) is 5.95 Å². The summed E-state index contributed by atoms with van der Waals surface area (Å²) in [6.45, 7) is 6.42. The van der Waals surface area contributed by atoms with E-state index in [9.17, 15) is 8.42 Å². The quantitative estimate of drug-likeness (QED) is 0.292. The van der Waals surface area contributed by atoms with Crippen molar-refractivity contribution in [3.05, 3.63) is 59.8 Å². The summed E-state index contributed by atoms with van der Waals surface area (Å²) in [6.07, 6.45) is 12.1. The normalized spacial score (nSPS) is 17.2. The van der Waals surface area contributed by atoms with Crippen molar-refractivity contribution in [3.8, 4) is 5.19 Å². The minimum Gasteiger partial charge on any atom is -0.467 e. The Bertz CT molecular complexity index is 1650. The highest BCUT2D eigenvalue weighted by molar-refractivity contribution is 7.89. The van der Waals surface area contributed by atoms with Crippen LogP contribution in [0.3, 0.4) is 0 Å². The molecular formula is C29H35N7O3S2.